The molecule has 3 heterocycles. The fraction of sp³-hybridized carbons (Fsp3) is 0.200. The maximum Gasteiger partial charge on any atom is 0.320 e. The van der Waals surface area contributed by atoms with Crippen LogP contribution in [0, 0.1) is 12.7 Å². The molecule has 0 amide bonds. The average Bonchev–Trinajstić information content (AvgIpc) is 3.36. The molecule has 0 spiro atoms. The summed E-state index contributed by atoms with van der Waals surface area (Å²) in [6.45, 7) is 1.91. The zero-order valence-electron chi connectivity index (χ0n) is 16.4. The van der Waals surface area contributed by atoms with E-state index in [4.69, 9.17) is 4.74 Å². The van der Waals surface area contributed by atoms with E-state index in [-0.39, 0.29) is 12.4 Å². The van der Waals surface area contributed by atoms with Crippen LogP contribution in [0.15, 0.2) is 48.7 Å². The highest BCUT2D eigenvalue weighted by Gasteiger charge is 2.24. The molecule has 0 radical (unpaired) electrons. The van der Waals surface area contributed by atoms with Crippen molar-refractivity contribution in [3.8, 4) is 0 Å². The number of anilines is 2. The number of carbonyl (C=O) groups is 1. The second-order valence-electron chi connectivity index (χ2n) is 6.67. The monoisotopic (exact) mass is 409 g/mol. The van der Waals surface area contributed by atoms with Crippen LogP contribution in [0.5, 0.6) is 0 Å². The summed E-state index contributed by atoms with van der Waals surface area (Å²) in [5, 5.41) is 17.5. The highest BCUT2D eigenvalue weighted by atomic mass is 19.1. The van der Waals surface area contributed by atoms with Crippen molar-refractivity contribution in [1.82, 2.24) is 30.1 Å². The molecule has 3 aromatic heterocycles. The van der Waals surface area contributed by atoms with Crippen LogP contribution in [0.2, 0.25) is 0 Å². The molecular formula is C20H20FN7O2. The molecule has 154 valence electrons. The third-order valence-electron chi connectivity index (χ3n) is 4.34. The number of H-pyrrole nitrogens is 1. The summed E-state index contributed by atoms with van der Waals surface area (Å²) in [5.74, 6) is 0.445. The maximum atomic E-state index is 13.4. The average molecular weight is 409 g/mol. The van der Waals surface area contributed by atoms with E-state index in [0.717, 1.165) is 11.2 Å². The summed E-state index contributed by atoms with van der Waals surface area (Å²) in [5.41, 5.74) is 2.16. The number of nitrogens with one attached hydrogen (secondary N) is 3. The molecule has 1 aromatic carbocycles. The van der Waals surface area contributed by atoms with Crippen LogP contribution >= 0.6 is 0 Å². The fourth-order valence-corrected chi connectivity index (χ4v) is 2.98. The van der Waals surface area contributed by atoms with Gasteiger partial charge in [-0.05, 0) is 38.2 Å². The molecule has 9 nitrogen and oxygen atoms in total. The highest BCUT2D eigenvalue weighted by molar-refractivity contribution is 5.73. The number of carbonyl (C=O) groups excluding carboxylic acids is 1. The van der Waals surface area contributed by atoms with Gasteiger partial charge in [0.15, 0.2) is 23.6 Å². The lowest BCUT2D eigenvalue weighted by atomic mass is 10.1. The Bertz CT molecular complexity index is 1170. The smallest absolute Gasteiger partial charge is 0.320 e. The molecule has 0 aliphatic rings. The van der Waals surface area contributed by atoms with Crippen molar-refractivity contribution in [1.29, 1.82) is 0 Å². The van der Waals surface area contributed by atoms with Crippen molar-refractivity contribution < 1.29 is 13.9 Å². The Labute approximate surface area is 171 Å². The van der Waals surface area contributed by atoms with Gasteiger partial charge in [0.05, 0.1) is 6.54 Å². The summed E-state index contributed by atoms with van der Waals surface area (Å²) < 4.78 is 20.7. The second kappa shape index (κ2) is 8.29. The Kier molecular flexibility index (Phi) is 5.40. The van der Waals surface area contributed by atoms with Gasteiger partial charge in [-0.2, -0.15) is 5.10 Å². The van der Waals surface area contributed by atoms with Gasteiger partial charge >= 0.3 is 5.97 Å². The van der Waals surface area contributed by atoms with E-state index in [1.54, 1.807) is 29.9 Å². The predicted molar refractivity (Wildman–Crippen MR) is 108 cm³/mol. The number of halogens is 1. The summed E-state index contributed by atoms with van der Waals surface area (Å²) in [6.07, 6.45) is 0.846. The van der Waals surface area contributed by atoms with Gasteiger partial charge in [-0.25, -0.2) is 13.9 Å². The van der Waals surface area contributed by atoms with Gasteiger partial charge in [-0.3, -0.25) is 9.89 Å². The minimum atomic E-state index is -0.917. The normalized spacial score (nSPS) is 12.1. The van der Waals surface area contributed by atoms with Gasteiger partial charge in [0.2, 0.25) is 0 Å². The van der Waals surface area contributed by atoms with Gasteiger partial charge in [0.1, 0.15) is 11.3 Å². The number of likely N-dealkylation sites (N-methyl/N-ethyl adjacent to an activating group) is 1. The first-order valence-electron chi connectivity index (χ1n) is 9.27. The van der Waals surface area contributed by atoms with E-state index in [1.165, 1.54) is 12.1 Å². The number of aryl methyl sites for hydroxylation is 1. The lowest BCUT2D eigenvalue weighted by Crippen LogP contribution is -2.24. The zero-order chi connectivity index (χ0) is 21.1. The van der Waals surface area contributed by atoms with E-state index in [1.807, 2.05) is 25.1 Å². The second-order valence-corrected chi connectivity index (χ2v) is 6.67. The Morgan fingerprint density at radius 1 is 1.30 bits per heavy atom. The first kappa shape index (κ1) is 19.5. The number of aromatic nitrogens is 5. The molecule has 10 heteroatoms. The topological polar surface area (TPSA) is 109 Å². The van der Waals surface area contributed by atoms with E-state index in [2.05, 4.69) is 30.9 Å². The van der Waals surface area contributed by atoms with Crippen LogP contribution in [0.1, 0.15) is 23.2 Å². The Morgan fingerprint density at radius 3 is 2.80 bits per heavy atom. The number of esters is 1. The van der Waals surface area contributed by atoms with Crippen LogP contribution in [0.25, 0.3) is 5.52 Å². The van der Waals surface area contributed by atoms with Crippen molar-refractivity contribution in [2.75, 3.05) is 18.9 Å². The minimum Gasteiger partial charge on any atom is -0.448 e. The minimum absolute atomic E-state index is 0.0150. The quantitative estimate of drug-likeness (QED) is 0.402. The van der Waals surface area contributed by atoms with Crippen molar-refractivity contribution in [2.24, 2.45) is 0 Å². The first-order valence-corrected chi connectivity index (χ1v) is 9.27. The van der Waals surface area contributed by atoms with Crippen molar-refractivity contribution in [2.45, 2.75) is 13.0 Å². The summed E-state index contributed by atoms with van der Waals surface area (Å²) in [6, 6.07) is 11.2. The molecule has 3 N–H and O–H groups in total. The number of hydrogen-bond donors (Lipinski definition) is 3. The lowest BCUT2D eigenvalue weighted by molar-refractivity contribution is -0.146. The number of ether oxygens (including phenoxy) is 1. The number of aromatic amines is 1. The molecular weight excluding hydrogens is 389 g/mol. The molecule has 4 rings (SSSR count). The molecule has 1 unspecified atom stereocenters. The fourth-order valence-electron chi connectivity index (χ4n) is 2.98. The maximum absolute atomic E-state index is 13.4. The van der Waals surface area contributed by atoms with Gasteiger partial charge in [0.25, 0.3) is 0 Å². The molecule has 4 aromatic rings. The van der Waals surface area contributed by atoms with Crippen LogP contribution < -0.4 is 10.6 Å². The van der Waals surface area contributed by atoms with E-state index in [9.17, 15) is 9.18 Å². The zero-order valence-corrected chi connectivity index (χ0v) is 16.4. The van der Waals surface area contributed by atoms with Gasteiger partial charge in [-0.15, -0.1) is 5.10 Å². The van der Waals surface area contributed by atoms with Crippen molar-refractivity contribution in [3.63, 3.8) is 0 Å². The Morgan fingerprint density at radius 2 is 2.10 bits per heavy atom. The van der Waals surface area contributed by atoms with Crippen LogP contribution in [0.4, 0.5) is 16.0 Å². The number of fused-ring (bicyclic) bond motifs is 1. The van der Waals surface area contributed by atoms with Crippen LogP contribution in [-0.2, 0) is 9.53 Å². The van der Waals surface area contributed by atoms with Gasteiger partial charge < -0.3 is 15.4 Å². The van der Waals surface area contributed by atoms with E-state index >= 15 is 0 Å². The Balaban J connectivity index is 1.78. The number of nitrogens with zero attached hydrogens (tertiary/aromatic N) is 4. The largest absolute Gasteiger partial charge is 0.448 e. The van der Waals surface area contributed by atoms with Crippen LogP contribution in [-0.4, -0.2) is 44.4 Å². The summed E-state index contributed by atoms with van der Waals surface area (Å²) >= 11 is 0. The van der Waals surface area contributed by atoms with Crippen molar-refractivity contribution >= 4 is 23.1 Å². The molecule has 0 aliphatic heterocycles. The Hall–Kier alpha value is -3.79. The van der Waals surface area contributed by atoms with Gasteiger partial charge in [-0.1, -0.05) is 12.1 Å². The SMILES string of the molecule is CNCC(=O)OC(c1ccc(F)cc1)c1nc(Nc2cc(C)[nH]n2)c2cccn2n1. The number of benzene rings is 1. The molecule has 0 fully saturated rings. The molecule has 0 saturated carbocycles. The molecule has 0 bridgehead atoms. The number of hydrogen-bond acceptors (Lipinski definition) is 7. The highest BCUT2D eigenvalue weighted by Crippen LogP contribution is 2.27. The van der Waals surface area contributed by atoms with E-state index in [0.29, 0.717) is 17.2 Å². The predicted octanol–water partition coefficient (Wildman–Crippen LogP) is 2.50. The first-order chi connectivity index (χ1) is 14.5. The third kappa shape index (κ3) is 4.13. The van der Waals surface area contributed by atoms with Crippen molar-refractivity contribution in [3.05, 3.63) is 71.6 Å². The lowest BCUT2D eigenvalue weighted by Gasteiger charge is -2.18. The summed E-state index contributed by atoms with van der Waals surface area (Å²) in [7, 11) is 1.64. The summed E-state index contributed by atoms with van der Waals surface area (Å²) in [4.78, 5) is 16.8. The van der Waals surface area contributed by atoms with Gasteiger partial charge in [0, 0.05) is 23.5 Å². The van der Waals surface area contributed by atoms with E-state index < -0.39 is 17.9 Å². The molecule has 0 aliphatic carbocycles. The molecule has 0 saturated heterocycles. The standard InChI is InChI=1S/C20H20FN7O2/c1-12-10-16(26-25-12)23-19-15-4-3-9-28(15)27-20(24-19)18(30-17(29)11-22-2)13-5-7-14(21)8-6-13/h3-10,18,22H,11H2,1-2H3,(H2,23,24,25,26,27). The third-order valence-corrected chi connectivity index (χ3v) is 4.34. The molecule has 1 atom stereocenters. The number of rotatable bonds is 7. The molecule has 30 heavy (non-hydrogen) atoms. The van der Waals surface area contributed by atoms with Crippen LogP contribution in [0.3, 0.4) is 0 Å².